The maximum atomic E-state index is 5.86. The van der Waals surface area contributed by atoms with Crippen molar-refractivity contribution >= 4 is 23.0 Å². The Bertz CT molecular complexity index is 1270. The second-order valence-corrected chi connectivity index (χ2v) is 9.20. The van der Waals surface area contributed by atoms with Crippen LogP contribution in [0.5, 0.6) is 0 Å². The van der Waals surface area contributed by atoms with Crippen LogP contribution in [0.15, 0.2) is 85.2 Å². The Balaban J connectivity index is 1.45. The van der Waals surface area contributed by atoms with Crippen LogP contribution < -0.4 is 10.6 Å². The molecule has 1 aromatic carbocycles. The Hall–Kier alpha value is -3.71. The molecular formula is C28H30N6S. The highest BCUT2D eigenvalue weighted by molar-refractivity contribution is 7.80. The van der Waals surface area contributed by atoms with Crippen molar-refractivity contribution in [2.75, 3.05) is 18.4 Å². The minimum absolute atomic E-state index is 0.0246. The normalized spacial score (nSPS) is 17.4. The highest BCUT2D eigenvalue weighted by atomic mass is 32.1. The number of pyridine rings is 2. The van der Waals surface area contributed by atoms with Gasteiger partial charge < -0.3 is 20.1 Å². The standard InChI is InChI=1S/C28H30N6S/c1-20-19-23(21(2)34(20)25-14-7-9-16-31-25)27-26(24-13-6-8-15-30-24)32-28(35)33(27)18-10-17-29-22-11-4-3-5-12-22/h3-9,11-16,19,26-27,29H,10,17-18H2,1-2H3,(H,32,35)/t26-,27-/m1/s1. The van der Waals surface area contributed by atoms with Gasteiger partial charge in [-0.3, -0.25) is 4.98 Å². The lowest BCUT2D eigenvalue weighted by Crippen LogP contribution is -2.31. The van der Waals surface area contributed by atoms with E-state index in [0.717, 1.165) is 47.5 Å². The third-order valence-electron chi connectivity index (χ3n) is 6.54. The van der Waals surface area contributed by atoms with E-state index in [0.29, 0.717) is 0 Å². The van der Waals surface area contributed by atoms with Gasteiger partial charge in [-0.05, 0) is 80.5 Å². The molecule has 2 atom stereocenters. The minimum Gasteiger partial charge on any atom is -0.385 e. The third kappa shape index (κ3) is 4.77. The van der Waals surface area contributed by atoms with Crippen molar-refractivity contribution in [1.82, 2.24) is 24.8 Å². The van der Waals surface area contributed by atoms with E-state index in [1.807, 2.05) is 60.9 Å². The number of thiocarbonyl (C=S) groups is 1. The van der Waals surface area contributed by atoms with Crippen molar-refractivity contribution in [3.63, 3.8) is 0 Å². The Morgan fingerprint density at radius 3 is 2.40 bits per heavy atom. The molecule has 5 rings (SSSR count). The minimum atomic E-state index is -0.0246. The summed E-state index contributed by atoms with van der Waals surface area (Å²) in [6, 6.07) is 24.7. The quantitative estimate of drug-likeness (QED) is 0.261. The highest BCUT2D eigenvalue weighted by Gasteiger charge is 2.41. The van der Waals surface area contributed by atoms with Crippen LogP contribution in [-0.2, 0) is 0 Å². The Kier molecular flexibility index (Phi) is 6.77. The summed E-state index contributed by atoms with van der Waals surface area (Å²) < 4.78 is 2.22. The van der Waals surface area contributed by atoms with Gasteiger partial charge >= 0.3 is 0 Å². The van der Waals surface area contributed by atoms with Crippen LogP contribution in [0.25, 0.3) is 5.82 Å². The largest absolute Gasteiger partial charge is 0.385 e. The van der Waals surface area contributed by atoms with E-state index in [1.165, 1.54) is 11.3 Å². The topological polar surface area (TPSA) is 58.0 Å². The van der Waals surface area contributed by atoms with Gasteiger partial charge in [0, 0.05) is 42.6 Å². The summed E-state index contributed by atoms with van der Waals surface area (Å²) in [6.45, 7) is 6.02. The SMILES string of the molecule is Cc1cc([C@@H]2[C@@H](c3ccccn3)NC(=S)N2CCCNc2ccccc2)c(C)n1-c1ccccn1. The number of para-hydroxylation sites is 1. The van der Waals surface area contributed by atoms with Crippen LogP contribution in [0, 0.1) is 13.8 Å². The molecule has 178 valence electrons. The van der Waals surface area contributed by atoms with Crippen molar-refractivity contribution in [3.05, 3.63) is 108 Å². The fraction of sp³-hybridized carbons (Fsp3) is 0.250. The molecule has 6 nitrogen and oxygen atoms in total. The van der Waals surface area contributed by atoms with Crippen molar-refractivity contribution in [2.45, 2.75) is 32.4 Å². The molecule has 0 radical (unpaired) electrons. The first kappa shape index (κ1) is 23.1. The summed E-state index contributed by atoms with van der Waals surface area (Å²) in [4.78, 5) is 11.6. The second-order valence-electron chi connectivity index (χ2n) is 8.82. The molecule has 1 saturated heterocycles. The van der Waals surface area contributed by atoms with Crippen LogP contribution in [0.1, 0.15) is 41.1 Å². The molecule has 1 fully saturated rings. The van der Waals surface area contributed by atoms with Gasteiger partial charge in [-0.1, -0.05) is 30.3 Å². The molecule has 4 heterocycles. The predicted molar refractivity (Wildman–Crippen MR) is 145 cm³/mol. The van der Waals surface area contributed by atoms with Crippen LogP contribution in [0.2, 0.25) is 0 Å². The fourth-order valence-electron chi connectivity index (χ4n) is 4.95. The van der Waals surface area contributed by atoms with E-state index in [4.69, 9.17) is 12.2 Å². The summed E-state index contributed by atoms with van der Waals surface area (Å²) >= 11 is 5.86. The van der Waals surface area contributed by atoms with Gasteiger partial charge in [-0.25, -0.2) is 4.98 Å². The molecule has 35 heavy (non-hydrogen) atoms. The number of aromatic nitrogens is 3. The number of nitrogens with one attached hydrogen (secondary N) is 2. The number of rotatable bonds is 8. The number of hydrogen-bond donors (Lipinski definition) is 2. The number of hydrogen-bond acceptors (Lipinski definition) is 4. The monoisotopic (exact) mass is 482 g/mol. The Labute approximate surface area is 212 Å². The maximum absolute atomic E-state index is 5.86. The zero-order valence-corrected chi connectivity index (χ0v) is 20.9. The lowest BCUT2D eigenvalue weighted by Gasteiger charge is -2.28. The van der Waals surface area contributed by atoms with E-state index in [2.05, 4.69) is 68.2 Å². The van der Waals surface area contributed by atoms with Gasteiger partial charge in [0.25, 0.3) is 0 Å². The van der Waals surface area contributed by atoms with Gasteiger partial charge in [0.15, 0.2) is 5.11 Å². The highest BCUT2D eigenvalue weighted by Crippen LogP contribution is 2.41. The average molecular weight is 483 g/mol. The first-order valence-electron chi connectivity index (χ1n) is 12.0. The first-order valence-corrected chi connectivity index (χ1v) is 12.4. The molecule has 0 unspecified atom stereocenters. The van der Waals surface area contributed by atoms with Crippen LogP contribution >= 0.6 is 12.2 Å². The summed E-state index contributed by atoms with van der Waals surface area (Å²) in [6.07, 6.45) is 4.64. The lowest BCUT2D eigenvalue weighted by molar-refractivity contribution is 0.315. The zero-order chi connectivity index (χ0) is 24.2. The number of nitrogens with zero attached hydrogens (tertiary/aromatic N) is 4. The van der Waals surface area contributed by atoms with Crippen molar-refractivity contribution in [2.24, 2.45) is 0 Å². The van der Waals surface area contributed by atoms with Crippen LogP contribution in [0.3, 0.4) is 0 Å². The van der Waals surface area contributed by atoms with Gasteiger partial charge in [0.2, 0.25) is 0 Å². The van der Waals surface area contributed by atoms with E-state index >= 15 is 0 Å². The molecule has 1 aliphatic heterocycles. The maximum Gasteiger partial charge on any atom is 0.170 e. The molecule has 0 bridgehead atoms. The second kappa shape index (κ2) is 10.3. The summed E-state index contributed by atoms with van der Waals surface area (Å²) in [5.74, 6) is 0.926. The molecule has 2 N–H and O–H groups in total. The van der Waals surface area contributed by atoms with Crippen LogP contribution in [0.4, 0.5) is 5.69 Å². The smallest absolute Gasteiger partial charge is 0.170 e. The van der Waals surface area contributed by atoms with E-state index in [9.17, 15) is 0 Å². The van der Waals surface area contributed by atoms with Gasteiger partial charge in [0.1, 0.15) is 5.82 Å². The Morgan fingerprint density at radius 1 is 0.943 bits per heavy atom. The molecule has 4 aromatic rings. The number of aryl methyl sites for hydroxylation is 1. The van der Waals surface area contributed by atoms with Crippen LogP contribution in [-0.4, -0.2) is 37.6 Å². The van der Waals surface area contributed by atoms with Crippen molar-refractivity contribution in [1.29, 1.82) is 0 Å². The Morgan fingerprint density at radius 2 is 1.69 bits per heavy atom. The van der Waals surface area contributed by atoms with E-state index in [1.54, 1.807) is 0 Å². The van der Waals surface area contributed by atoms with Crippen molar-refractivity contribution < 1.29 is 0 Å². The van der Waals surface area contributed by atoms with Gasteiger partial charge in [-0.2, -0.15) is 0 Å². The van der Waals surface area contributed by atoms with Crippen molar-refractivity contribution in [3.8, 4) is 5.82 Å². The lowest BCUT2D eigenvalue weighted by atomic mass is 9.96. The molecule has 3 aromatic heterocycles. The molecule has 0 amide bonds. The fourth-order valence-corrected chi connectivity index (χ4v) is 5.28. The van der Waals surface area contributed by atoms with Gasteiger partial charge in [-0.15, -0.1) is 0 Å². The summed E-state index contributed by atoms with van der Waals surface area (Å²) in [7, 11) is 0. The third-order valence-corrected chi connectivity index (χ3v) is 6.90. The molecule has 7 heteroatoms. The molecule has 0 aliphatic carbocycles. The summed E-state index contributed by atoms with van der Waals surface area (Å²) in [5.41, 5.74) is 5.70. The van der Waals surface area contributed by atoms with E-state index in [-0.39, 0.29) is 12.1 Å². The molecule has 0 spiro atoms. The first-order chi connectivity index (χ1) is 17.1. The number of benzene rings is 1. The zero-order valence-electron chi connectivity index (χ0n) is 20.1. The number of anilines is 1. The molecule has 0 saturated carbocycles. The summed E-state index contributed by atoms with van der Waals surface area (Å²) in [5, 5.41) is 7.86. The molecule has 1 aliphatic rings. The molecular weight excluding hydrogens is 452 g/mol. The predicted octanol–water partition coefficient (Wildman–Crippen LogP) is 5.36. The van der Waals surface area contributed by atoms with E-state index < -0.39 is 0 Å². The average Bonchev–Trinajstić information content (AvgIpc) is 3.38. The van der Waals surface area contributed by atoms with Gasteiger partial charge in [0.05, 0.1) is 17.8 Å².